The highest BCUT2D eigenvalue weighted by molar-refractivity contribution is 6.30. The van der Waals surface area contributed by atoms with Crippen molar-refractivity contribution in [2.24, 2.45) is 0 Å². The van der Waals surface area contributed by atoms with E-state index in [4.69, 9.17) is 16.3 Å². The number of aromatic nitrogens is 2. The molecular formula is C21H21ClN2O3. The van der Waals surface area contributed by atoms with Crippen molar-refractivity contribution in [3.8, 4) is 17.1 Å². The first-order chi connectivity index (χ1) is 13.0. The van der Waals surface area contributed by atoms with Gasteiger partial charge in [-0.25, -0.2) is 4.98 Å². The summed E-state index contributed by atoms with van der Waals surface area (Å²) in [4.78, 5) is 15.8. The predicted octanol–water partition coefficient (Wildman–Crippen LogP) is 4.59. The van der Waals surface area contributed by atoms with Gasteiger partial charge in [-0.1, -0.05) is 54.1 Å². The van der Waals surface area contributed by atoms with E-state index in [0.29, 0.717) is 24.7 Å². The van der Waals surface area contributed by atoms with Gasteiger partial charge in [-0.2, -0.15) is 0 Å². The Labute approximate surface area is 163 Å². The molecule has 0 aliphatic rings. The van der Waals surface area contributed by atoms with E-state index in [1.54, 1.807) is 0 Å². The van der Waals surface area contributed by atoms with Gasteiger partial charge in [-0.3, -0.25) is 4.79 Å². The van der Waals surface area contributed by atoms with Gasteiger partial charge in [0.1, 0.15) is 11.6 Å². The summed E-state index contributed by atoms with van der Waals surface area (Å²) in [6, 6.07) is 15.6. The Morgan fingerprint density at radius 2 is 1.96 bits per heavy atom. The monoisotopic (exact) mass is 384 g/mol. The van der Waals surface area contributed by atoms with Crippen LogP contribution < -0.4 is 4.74 Å². The van der Waals surface area contributed by atoms with Crippen molar-refractivity contribution in [2.75, 3.05) is 6.61 Å². The Hall–Kier alpha value is -2.79. The zero-order valence-electron chi connectivity index (χ0n) is 15.3. The van der Waals surface area contributed by atoms with E-state index in [9.17, 15) is 9.90 Å². The van der Waals surface area contributed by atoms with E-state index in [-0.39, 0.29) is 11.6 Å². The van der Waals surface area contributed by atoms with E-state index >= 15 is 0 Å². The Bertz CT molecular complexity index is 952. The average Bonchev–Trinajstić information content (AvgIpc) is 2.94. The molecule has 0 amide bonds. The molecule has 3 aromatic rings. The van der Waals surface area contributed by atoms with Crippen LogP contribution in [0.25, 0.3) is 11.4 Å². The molecule has 0 aliphatic carbocycles. The number of ether oxygens (including phenoxy) is 1. The van der Waals surface area contributed by atoms with Crippen LogP contribution in [0.2, 0.25) is 5.15 Å². The lowest BCUT2D eigenvalue weighted by atomic mass is 10.1. The summed E-state index contributed by atoms with van der Waals surface area (Å²) in [6.45, 7) is 5.02. The SMILES string of the molecule is CCOc1ccc(Cn2c(-c3ccccc3)nc(Cl)c2CC(=O)O)cc1C. The van der Waals surface area contributed by atoms with Crippen LogP contribution in [0.4, 0.5) is 0 Å². The van der Waals surface area contributed by atoms with Crippen molar-refractivity contribution < 1.29 is 14.6 Å². The normalized spacial score (nSPS) is 10.8. The molecule has 0 unspecified atom stereocenters. The van der Waals surface area contributed by atoms with Crippen LogP contribution in [-0.2, 0) is 17.8 Å². The first-order valence-electron chi connectivity index (χ1n) is 8.74. The molecule has 5 nitrogen and oxygen atoms in total. The number of carbonyl (C=O) groups is 1. The van der Waals surface area contributed by atoms with E-state index in [1.807, 2.05) is 66.9 Å². The second-order valence-corrected chi connectivity index (χ2v) is 6.59. The number of carboxylic acids is 1. The molecule has 0 aliphatic heterocycles. The summed E-state index contributed by atoms with van der Waals surface area (Å²) in [7, 11) is 0. The van der Waals surface area contributed by atoms with Gasteiger partial charge in [0.05, 0.1) is 18.7 Å². The van der Waals surface area contributed by atoms with E-state index in [1.165, 1.54) is 0 Å². The van der Waals surface area contributed by atoms with Crippen LogP contribution in [0, 0.1) is 6.92 Å². The lowest BCUT2D eigenvalue weighted by Gasteiger charge is -2.14. The minimum Gasteiger partial charge on any atom is -0.494 e. The molecule has 0 radical (unpaired) electrons. The number of halogens is 1. The molecule has 3 rings (SSSR count). The number of nitrogens with zero attached hydrogens (tertiary/aromatic N) is 2. The van der Waals surface area contributed by atoms with Crippen LogP contribution in [-0.4, -0.2) is 27.2 Å². The molecule has 140 valence electrons. The van der Waals surface area contributed by atoms with Crippen LogP contribution in [0.1, 0.15) is 23.7 Å². The molecule has 1 aromatic heterocycles. The zero-order chi connectivity index (χ0) is 19.4. The number of benzene rings is 2. The summed E-state index contributed by atoms with van der Waals surface area (Å²) in [5.41, 5.74) is 3.43. The van der Waals surface area contributed by atoms with Gasteiger partial charge >= 0.3 is 5.97 Å². The molecule has 0 saturated heterocycles. The molecule has 0 saturated carbocycles. The molecule has 2 aromatic carbocycles. The minimum absolute atomic E-state index is 0.186. The summed E-state index contributed by atoms with van der Waals surface area (Å²) >= 11 is 6.29. The van der Waals surface area contributed by atoms with Crippen molar-refractivity contribution in [1.82, 2.24) is 9.55 Å². The van der Waals surface area contributed by atoms with Gasteiger partial charge in [0.15, 0.2) is 5.15 Å². The van der Waals surface area contributed by atoms with E-state index in [2.05, 4.69) is 4.98 Å². The smallest absolute Gasteiger partial charge is 0.309 e. The highest BCUT2D eigenvalue weighted by Gasteiger charge is 2.19. The topological polar surface area (TPSA) is 64.4 Å². The van der Waals surface area contributed by atoms with Gasteiger partial charge < -0.3 is 14.4 Å². The van der Waals surface area contributed by atoms with Crippen LogP contribution in [0.15, 0.2) is 48.5 Å². The minimum atomic E-state index is -0.944. The largest absolute Gasteiger partial charge is 0.494 e. The van der Waals surface area contributed by atoms with Crippen molar-refractivity contribution in [3.63, 3.8) is 0 Å². The van der Waals surface area contributed by atoms with Crippen LogP contribution >= 0.6 is 11.6 Å². The quantitative estimate of drug-likeness (QED) is 0.647. The lowest BCUT2D eigenvalue weighted by molar-refractivity contribution is -0.136. The Kier molecular flexibility index (Phi) is 5.81. The fourth-order valence-corrected chi connectivity index (χ4v) is 3.31. The third-order valence-electron chi connectivity index (χ3n) is 4.25. The molecule has 0 bridgehead atoms. The standard InChI is InChI=1S/C21H21ClN2O3/c1-3-27-18-10-9-15(11-14(18)2)13-24-17(12-19(25)26)20(22)23-21(24)16-7-5-4-6-8-16/h4-11H,3,12-13H2,1-2H3,(H,25,26). The summed E-state index contributed by atoms with van der Waals surface area (Å²) < 4.78 is 7.47. The van der Waals surface area contributed by atoms with E-state index < -0.39 is 5.97 Å². The molecule has 6 heteroatoms. The number of rotatable bonds is 7. The van der Waals surface area contributed by atoms with Gasteiger partial charge in [0.25, 0.3) is 0 Å². The number of hydrogen-bond acceptors (Lipinski definition) is 3. The molecule has 1 heterocycles. The molecule has 27 heavy (non-hydrogen) atoms. The Morgan fingerprint density at radius 3 is 2.59 bits per heavy atom. The number of hydrogen-bond donors (Lipinski definition) is 1. The highest BCUT2D eigenvalue weighted by atomic mass is 35.5. The summed E-state index contributed by atoms with van der Waals surface area (Å²) in [6.07, 6.45) is -0.186. The van der Waals surface area contributed by atoms with Crippen molar-refractivity contribution in [2.45, 2.75) is 26.8 Å². The van der Waals surface area contributed by atoms with Crippen LogP contribution in [0.3, 0.4) is 0 Å². The summed E-state index contributed by atoms with van der Waals surface area (Å²) in [5.74, 6) is 0.558. The third-order valence-corrected chi connectivity index (χ3v) is 4.56. The molecule has 0 spiro atoms. The van der Waals surface area contributed by atoms with Gasteiger partial charge in [0.2, 0.25) is 0 Å². The fraction of sp³-hybridized carbons (Fsp3) is 0.238. The highest BCUT2D eigenvalue weighted by Crippen LogP contribution is 2.28. The van der Waals surface area contributed by atoms with Crippen molar-refractivity contribution in [3.05, 3.63) is 70.5 Å². The Morgan fingerprint density at radius 1 is 1.22 bits per heavy atom. The zero-order valence-corrected chi connectivity index (χ0v) is 16.0. The second kappa shape index (κ2) is 8.27. The van der Waals surface area contributed by atoms with Crippen molar-refractivity contribution >= 4 is 17.6 Å². The summed E-state index contributed by atoms with van der Waals surface area (Å²) in [5, 5.41) is 9.51. The van der Waals surface area contributed by atoms with Gasteiger partial charge in [-0.05, 0) is 31.0 Å². The van der Waals surface area contributed by atoms with E-state index in [0.717, 1.165) is 22.4 Å². The lowest BCUT2D eigenvalue weighted by Crippen LogP contribution is -2.11. The molecule has 0 atom stereocenters. The van der Waals surface area contributed by atoms with Gasteiger partial charge in [0, 0.05) is 12.1 Å². The van der Waals surface area contributed by atoms with Crippen molar-refractivity contribution in [1.29, 1.82) is 0 Å². The van der Waals surface area contributed by atoms with Gasteiger partial charge in [-0.15, -0.1) is 0 Å². The maximum absolute atomic E-state index is 11.3. The Balaban J connectivity index is 2.04. The molecule has 0 fully saturated rings. The maximum Gasteiger partial charge on any atom is 0.309 e. The fourth-order valence-electron chi connectivity index (χ4n) is 3.06. The maximum atomic E-state index is 11.3. The second-order valence-electron chi connectivity index (χ2n) is 6.23. The predicted molar refractivity (Wildman–Crippen MR) is 105 cm³/mol. The average molecular weight is 385 g/mol. The number of aliphatic carboxylic acids is 1. The number of imidazole rings is 1. The van der Waals surface area contributed by atoms with Crippen LogP contribution in [0.5, 0.6) is 5.75 Å². The first-order valence-corrected chi connectivity index (χ1v) is 9.11. The number of aryl methyl sites for hydroxylation is 1. The number of carboxylic acid groups (broad SMARTS) is 1. The molecular weight excluding hydrogens is 364 g/mol. The first kappa shape index (κ1) is 19.0. The molecule has 1 N–H and O–H groups in total. The third kappa shape index (κ3) is 4.31.